The van der Waals surface area contributed by atoms with Gasteiger partial charge >= 0.3 is 0 Å². The minimum Gasteiger partial charge on any atom is -0.351 e. The normalized spacial score (nSPS) is 10.6. The van der Waals surface area contributed by atoms with E-state index in [4.69, 9.17) is 0 Å². The Balaban J connectivity index is 1.93. The van der Waals surface area contributed by atoms with Crippen LogP contribution >= 0.6 is 11.8 Å². The minimum absolute atomic E-state index is 0.0663. The Hall–Kier alpha value is -2.15. The first-order valence-electron chi connectivity index (χ1n) is 6.91. The van der Waals surface area contributed by atoms with Crippen LogP contribution in [0.25, 0.3) is 0 Å². The number of aryl methyl sites for hydroxylation is 2. The molecule has 0 unspecified atom stereocenters. The fourth-order valence-corrected chi connectivity index (χ4v) is 2.86. The monoisotopic (exact) mass is 338 g/mol. The molecular formula is C16H16F2N2O2S. The molecule has 1 heterocycles. The Morgan fingerprint density at radius 1 is 1.26 bits per heavy atom. The van der Waals surface area contributed by atoms with Crippen LogP contribution in [-0.2, 0) is 11.3 Å². The summed E-state index contributed by atoms with van der Waals surface area (Å²) in [6.45, 7) is 3.66. The van der Waals surface area contributed by atoms with Gasteiger partial charge in [0.05, 0.1) is 5.75 Å². The van der Waals surface area contributed by atoms with Crippen molar-refractivity contribution in [3.05, 3.63) is 63.1 Å². The second kappa shape index (κ2) is 7.41. The van der Waals surface area contributed by atoms with Crippen LogP contribution in [0.15, 0.2) is 34.0 Å². The maximum Gasteiger partial charge on any atom is 0.253 e. The molecule has 0 saturated carbocycles. The molecule has 122 valence electrons. The Kier molecular flexibility index (Phi) is 5.54. The Labute approximate surface area is 136 Å². The van der Waals surface area contributed by atoms with Gasteiger partial charge in [-0.3, -0.25) is 9.59 Å². The van der Waals surface area contributed by atoms with Crippen LogP contribution < -0.4 is 10.9 Å². The molecule has 2 aromatic rings. The number of halogens is 2. The molecule has 2 rings (SSSR count). The van der Waals surface area contributed by atoms with Gasteiger partial charge in [-0.1, -0.05) is 0 Å². The van der Waals surface area contributed by atoms with Gasteiger partial charge in [-0.15, -0.1) is 11.8 Å². The van der Waals surface area contributed by atoms with Gasteiger partial charge in [0.2, 0.25) is 5.91 Å². The molecule has 0 aliphatic carbocycles. The molecule has 23 heavy (non-hydrogen) atoms. The number of nitrogens with one attached hydrogen (secondary N) is 2. The van der Waals surface area contributed by atoms with E-state index in [0.29, 0.717) is 5.56 Å². The first-order chi connectivity index (χ1) is 10.9. The fourth-order valence-electron chi connectivity index (χ4n) is 2.07. The molecule has 0 aliphatic rings. The number of rotatable bonds is 5. The number of hydrogen-bond acceptors (Lipinski definition) is 3. The van der Waals surface area contributed by atoms with Gasteiger partial charge in [-0.05, 0) is 43.7 Å². The fraction of sp³-hybridized carbons (Fsp3) is 0.250. The van der Waals surface area contributed by atoms with Crippen molar-refractivity contribution in [3.63, 3.8) is 0 Å². The third kappa shape index (κ3) is 4.66. The summed E-state index contributed by atoms with van der Waals surface area (Å²) >= 11 is 0.902. The predicted octanol–water partition coefficient (Wildman–Crippen LogP) is 2.68. The average Bonchev–Trinajstić information content (AvgIpc) is 2.47. The zero-order chi connectivity index (χ0) is 17.0. The summed E-state index contributed by atoms with van der Waals surface area (Å²) in [4.78, 5) is 26.4. The zero-order valence-electron chi connectivity index (χ0n) is 12.7. The molecule has 7 heteroatoms. The maximum absolute atomic E-state index is 13.4. The number of hydrogen-bond donors (Lipinski definition) is 2. The second-order valence-electron chi connectivity index (χ2n) is 5.08. The van der Waals surface area contributed by atoms with Gasteiger partial charge in [0.15, 0.2) is 0 Å². The summed E-state index contributed by atoms with van der Waals surface area (Å²) in [6, 6.07) is 4.90. The molecule has 1 aromatic carbocycles. The van der Waals surface area contributed by atoms with Gasteiger partial charge < -0.3 is 10.3 Å². The molecular weight excluding hydrogens is 322 g/mol. The van der Waals surface area contributed by atoms with E-state index in [0.717, 1.165) is 41.2 Å². The highest BCUT2D eigenvalue weighted by atomic mass is 32.2. The smallest absolute Gasteiger partial charge is 0.253 e. The van der Waals surface area contributed by atoms with Crippen molar-refractivity contribution in [1.82, 2.24) is 10.3 Å². The van der Waals surface area contributed by atoms with Gasteiger partial charge in [0.25, 0.3) is 5.56 Å². The highest BCUT2D eigenvalue weighted by Crippen LogP contribution is 2.22. The molecule has 0 spiro atoms. The van der Waals surface area contributed by atoms with Crippen molar-refractivity contribution in [2.75, 3.05) is 5.75 Å². The lowest BCUT2D eigenvalue weighted by atomic mass is 10.1. The molecule has 2 N–H and O–H groups in total. The summed E-state index contributed by atoms with van der Waals surface area (Å²) in [5.41, 5.74) is 1.77. The quantitative estimate of drug-likeness (QED) is 0.824. The minimum atomic E-state index is -0.574. The summed E-state index contributed by atoms with van der Waals surface area (Å²) in [5, 5.41) is 2.61. The number of aromatic amines is 1. The highest BCUT2D eigenvalue weighted by Gasteiger charge is 2.10. The van der Waals surface area contributed by atoms with Crippen LogP contribution in [0.4, 0.5) is 8.78 Å². The Morgan fingerprint density at radius 3 is 2.70 bits per heavy atom. The topological polar surface area (TPSA) is 62.0 Å². The standard InChI is InChI=1S/C16H16F2N2O2S/c1-9-5-10(2)20-16(22)12(9)7-19-15(21)8-23-14-6-11(17)3-4-13(14)18/h3-6H,7-8H2,1-2H3,(H,19,21)(H,20,22). The van der Waals surface area contributed by atoms with Crippen LogP contribution in [0, 0.1) is 25.5 Å². The molecule has 0 bridgehead atoms. The predicted molar refractivity (Wildman–Crippen MR) is 85.5 cm³/mol. The van der Waals surface area contributed by atoms with Gasteiger partial charge in [0.1, 0.15) is 11.6 Å². The maximum atomic E-state index is 13.4. The van der Waals surface area contributed by atoms with Crippen LogP contribution in [-0.4, -0.2) is 16.6 Å². The number of carbonyl (C=O) groups is 1. The summed E-state index contributed by atoms with van der Waals surface area (Å²) in [7, 11) is 0. The number of carbonyl (C=O) groups excluding carboxylic acids is 1. The SMILES string of the molecule is Cc1cc(C)c(CNC(=O)CSc2cc(F)ccc2F)c(=O)[nH]1. The van der Waals surface area contributed by atoms with Crippen LogP contribution in [0.3, 0.4) is 0 Å². The van der Waals surface area contributed by atoms with Crippen LogP contribution in [0.5, 0.6) is 0 Å². The van der Waals surface area contributed by atoms with Crippen molar-refractivity contribution in [1.29, 1.82) is 0 Å². The molecule has 1 aromatic heterocycles. The van der Waals surface area contributed by atoms with Gasteiger partial charge in [-0.25, -0.2) is 8.78 Å². The summed E-state index contributed by atoms with van der Waals surface area (Å²) in [5.74, 6) is -1.56. The molecule has 0 atom stereocenters. The van der Waals surface area contributed by atoms with E-state index >= 15 is 0 Å². The molecule has 0 aliphatic heterocycles. The van der Waals surface area contributed by atoms with Gasteiger partial charge in [0, 0.05) is 22.7 Å². The molecule has 0 saturated heterocycles. The van der Waals surface area contributed by atoms with Crippen molar-refractivity contribution in [2.24, 2.45) is 0 Å². The number of H-pyrrole nitrogens is 1. The molecule has 1 amide bonds. The lowest BCUT2D eigenvalue weighted by Crippen LogP contribution is -2.29. The molecule has 0 fully saturated rings. The van der Waals surface area contributed by atoms with E-state index < -0.39 is 11.6 Å². The number of thioether (sulfide) groups is 1. The summed E-state index contributed by atoms with van der Waals surface area (Å²) < 4.78 is 26.5. The largest absolute Gasteiger partial charge is 0.351 e. The number of pyridine rings is 1. The van der Waals surface area contributed by atoms with E-state index in [1.807, 2.05) is 6.07 Å². The first-order valence-corrected chi connectivity index (χ1v) is 7.89. The second-order valence-corrected chi connectivity index (χ2v) is 6.10. The van der Waals surface area contributed by atoms with Crippen molar-refractivity contribution < 1.29 is 13.6 Å². The van der Waals surface area contributed by atoms with Crippen molar-refractivity contribution >= 4 is 17.7 Å². The third-order valence-electron chi connectivity index (χ3n) is 3.21. The van der Waals surface area contributed by atoms with Crippen molar-refractivity contribution in [2.45, 2.75) is 25.3 Å². The van der Waals surface area contributed by atoms with E-state index in [9.17, 15) is 18.4 Å². The Bertz CT molecular complexity index is 790. The first kappa shape index (κ1) is 17.2. The summed E-state index contributed by atoms with van der Waals surface area (Å²) in [6.07, 6.45) is 0. The van der Waals surface area contributed by atoms with E-state index in [-0.39, 0.29) is 28.7 Å². The van der Waals surface area contributed by atoms with Crippen molar-refractivity contribution in [3.8, 4) is 0 Å². The van der Waals surface area contributed by atoms with E-state index in [1.165, 1.54) is 0 Å². The number of benzene rings is 1. The van der Waals surface area contributed by atoms with Gasteiger partial charge in [-0.2, -0.15) is 0 Å². The molecule has 0 radical (unpaired) electrons. The van der Waals surface area contributed by atoms with Crippen LogP contribution in [0.1, 0.15) is 16.8 Å². The highest BCUT2D eigenvalue weighted by molar-refractivity contribution is 8.00. The van der Waals surface area contributed by atoms with E-state index in [2.05, 4.69) is 10.3 Å². The average molecular weight is 338 g/mol. The number of amides is 1. The van der Waals surface area contributed by atoms with Crippen LogP contribution in [0.2, 0.25) is 0 Å². The zero-order valence-corrected chi connectivity index (χ0v) is 13.5. The lowest BCUT2D eigenvalue weighted by Gasteiger charge is -2.08. The number of aromatic nitrogens is 1. The lowest BCUT2D eigenvalue weighted by molar-refractivity contribution is -0.118. The molecule has 4 nitrogen and oxygen atoms in total. The Morgan fingerprint density at radius 2 is 2.00 bits per heavy atom. The van der Waals surface area contributed by atoms with E-state index in [1.54, 1.807) is 13.8 Å². The third-order valence-corrected chi connectivity index (χ3v) is 4.24.